The van der Waals surface area contributed by atoms with E-state index >= 15 is 0 Å². The zero-order chi connectivity index (χ0) is 13.8. The summed E-state index contributed by atoms with van der Waals surface area (Å²) in [5, 5.41) is 3.57. The topological polar surface area (TPSA) is 29.1 Å². The maximum atomic E-state index is 12.7. The molecule has 0 unspecified atom stereocenters. The number of anilines is 1. The van der Waals surface area contributed by atoms with E-state index in [0.717, 1.165) is 5.56 Å². The molecule has 0 heterocycles. The molecule has 0 radical (unpaired) electrons. The van der Waals surface area contributed by atoms with E-state index in [0.29, 0.717) is 15.7 Å². The molecule has 1 amide bonds. The van der Waals surface area contributed by atoms with Gasteiger partial charge in [0.1, 0.15) is 5.82 Å². The molecule has 0 aliphatic rings. The fraction of sp³-hybridized carbons (Fsp3) is 0.0714. The number of carbonyl (C=O) groups is 1. The van der Waals surface area contributed by atoms with Gasteiger partial charge in [-0.15, -0.1) is 0 Å². The van der Waals surface area contributed by atoms with Crippen molar-refractivity contribution in [2.45, 2.75) is 6.42 Å². The third-order valence-corrected chi connectivity index (χ3v) is 3.05. The van der Waals surface area contributed by atoms with Gasteiger partial charge >= 0.3 is 0 Å². The minimum absolute atomic E-state index is 0.142. The molecule has 2 rings (SSSR count). The summed E-state index contributed by atoms with van der Waals surface area (Å²) in [6.07, 6.45) is 0.142. The normalized spacial score (nSPS) is 10.3. The van der Waals surface area contributed by atoms with Gasteiger partial charge in [0.25, 0.3) is 0 Å². The number of amides is 1. The van der Waals surface area contributed by atoms with Gasteiger partial charge in [-0.2, -0.15) is 0 Å². The Kier molecular flexibility index (Phi) is 4.40. The van der Waals surface area contributed by atoms with E-state index in [4.69, 9.17) is 23.2 Å². The fourth-order valence-corrected chi connectivity index (χ4v) is 1.91. The number of halogens is 3. The predicted molar refractivity (Wildman–Crippen MR) is 75.2 cm³/mol. The second-order valence-corrected chi connectivity index (χ2v) is 4.82. The predicted octanol–water partition coefficient (Wildman–Crippen LogP) is 4.31. The highest BCUT2D eigenvalue weighted by atomic mass is 35.5. The molecule has 0 bridgehead atoms. The maximum Gasteiger partial charge on any atom is 0.228 e. The summed E-state index contributed by atoms with van der Waals surface area (Å²) in [6.45, 7) is 0. The third kappa shape index (κ3) is 3.94. The molecule has 0 fully saturated rings. The van der Waals surface area contributed by atoms with Crippen molar-refractivity contribution in [1.29, 1.82) is 0 Å². The van der Waals surface area contributed by atoms with Gasteiger partial charge in [-0.25, -0.2) is 4.39 Å². The van der Waals surface area contributed by atoms with Crippen LogP contribution in [0.1, 0.15) is 5.56 Å². The molecule has 0 aliphatic carbocycles. The Labute approximate surface area is 120 Å². The monoisotopic (exact) mass is 297 g/mol. The summed E-state index contributed by atoms with van der Waals surface area (Å²) < 4.78 is 12.7. The van der Waals surface area contributed by atoms with Gasteiger partial charge in [0.15, 0.2) is 0 Å². The fourth-order valence-electron chi connectivity index (χ4n) is 1.58. The van der Waals surface area contributed by atoms with Crippen LogP contribution in [-0.4, -0.2) is 5.91 Å². The van der Waals surface area contributed by atoms with Crippen molar-refractivity contribution < 1.29 is 9.18 Å². The van der Waals surface area contributed by atoms with E-state index in [1.807, 2.05) is 0 Å². The van der Waals surface area contributed by atoms with Crippen LogP contribution in [-0.2, 0) is 11.2 Å². The van der Waals surface area contributed by atoms with Gasteiger partial charge in [-0.1, -0.05) is 35.3 Å². The zero-order valence-electron chi connectivity index (χ0n) is 9.79. The smallest absolute Gasteiger partial charge is 0.228 e. The molecule has 2 aromatic carbocycles. The summed E-state index contributed by atoms with van der Waals surface area (Å²) >= 11 is 11.8. The van der Waals surface area contributed by atoms with Crippen LogP contribution in [0.2, 0.25) is 10.0 Å². The van der Waals surface area contributed by atoms with Gasteiger partial charge in [-0.3, -0.25) is 4.79 Å². The van der Waals surface area contributed by atoms with E-state index in [-0.39, 0.29) is 18.1 Å². The molecular weight excluding hydrogens is 288 g/mol. The molecule has 0 saturated heterocycles. The molecule has 0 spiro atoms. The van der Waals surface area contributed by atoms with Crippen LogP contribution in [0.25, 0.3) is 0 Å². The summed E-state index contributed by atoms with van der Waals surface area (Å²) in [6, 6.07) is 10.6. The van der Waals surface area contributed by atoms with E-state index in [1.165, 1.54) is 12.1 Å². The van der Waals surface area contributed by atoms with Gasteiger partial charge < -0.3 is 5.32 Å². The average Bonchev–Trinajstić information content (AvgIpc) is 2.37. The van der Waals surface area contributed by atoms with E-state index in [2.05, 4.69) is 5.32 Å². The lowest BCUT2D eigenvalue weighted by molar-refractivity contribution is -0.115. The Morgan fingerprint density at radius 2 is 1.79 bits per heavy atom. The van der Waals surface area contributed by atoms with Crippen LogP contribution >= 0.6 is 23.2 Å². The highest BCUT2D eigenvalue weighted by Crippen LogP contribution is 2.25. The molecule has 2 aromatic rings. The molecule has 0 aromatic heterocycles. The minimum atomic E-state index is -0.331. The molecule has 19 heavy (non-hydrogen) atoms. The van der Waals surface area contributed by atoms with Gasteiger partial charge in [0, 0.05) is 5.02 Å². The molecule has 0 atom stereocenters. The van der Waals surface area contributed by atoms with E-state index < -0.39 is 0 Å². The highest BCUT2D eigenvalue weighted by Gasteiger charge is 2.07. The highest BCUT2D eigenvalue weighted by molar-refractivity contribution is 6.35. The van der Waals surface area contributed by atoms with Crippen LogP contribution in [0.15, 0.2) is 42.5 Å². The second-order valence-electron chi connectivity index (χ2n) is 3.98. The first-order valence-electron chi connectivity index (χ1n) is 5.54. The van der Waals surface area contributed by atoms with Crippen LogP contribution in [0.3, 0.4) is 0 Å². The zero-order valence-corrected chi connectivity index (χ0v) is 11.3. The van der Waals surface area contributed by atoms with Crippen molar-refractivity contribution >= 4 is 34.8 Å². The minimum Gasteiger partial charge on any atom is -0.324 e. The van der Waals surface area contributed by atoms with Crippen molar-refractivity contribution in [3.8, 4) is 0 Å². The third-order valence-electron chi connectivity index (χ3n) is 2.48. The second kappa shape index (κ2) is 6.04. The number of carbonyl (C=O) groups excluding carboxylic acids is 1. The molecule has 5 heteroatoms. The molecule has 2 nitrogen and oxygen atoms in total. The maximum absolute atomic E-state index is 12.7. The van der Waals surface area contributed by atoms with Gasteiger partial charge in [0.2, 0.25) is 5.91 Å². The number of hydrogen-bond acceptors (Lipinski definition) is 1. The van der Waals surface area contributed by atoms with Gasteiger partial charge in [-0.05, 0) is 35.9 Å². The summed E-state index contributed by atoms with van der Waals surface area (Å²) in [4.78, 5) is 11.8. The van der Waals surface area contributed by atoms with Crippen LogP contribution in [0.5, 0.6) is 0 Å². The van der Waals surface area contributed by atoms with E-state index in [9.17, 15) is 9.18 Å². The SMILES string of the molecule is O=C(Cc1ccc(F)cc1)Nc1cc(Cl)ccc1Cl. The Bertz CT molecular complexity index is 599. The summed E-state index contributed by atoms with van der Waals surface area (Å²) in [7, 11) is 0. The lowest BCUT2D eigenvalue weighted by Gasteiger charge is -2.07. The van der Waals surface area contributed by atoms with Crippen molar-refractivity contribution in [2.24, 2.45) is 0 Å². The van der Waals surface area contributed by atoms with Crippen molar-refractivity contribution in [3.05, 3.63) is 63.9 Å². The number of nitrogens with one attached hydrogen (secondary N) is 1. The standard InChI is InChI=1S/C14H10Cl2FNO/c15-10-3-6-12(16)13(8-10)18-14(19)7-9-1-4-11(17)5-2-9/h1-6,8H,7H2,(H,18,19). The Hall–Kier alpha value is -1.58. The molecule has 0 saturated carbocycles. The summed E-state index contributed by atoms with van der Waals surface area (Å²) in [5.74, 6) is -0.571. The van der Waals surface area contributed by atoms with Crippen LogP contribution in [0, 0.1) is 5.82 Å². The Balaban J connectivity index is 2.05. The lowest BCUT2D eigenvalue weighted by atomic mass is 10.1. The average molecular weight is 298 g/mol. The first-order valence-corrected chi connectivity index (χ1v) is 6.29. The number of hydrogen-bond donors (Lipinski definition) is 1. The van der Waals surface area contributed by atoms with Crippen molar-refractivity contribution in [3.63, 3.8) is 0 Å². The van der Waals surface area contributed by atoms with Gasteiger partial charge in [0.05, 0.1) is 17.1 Å². The summed E-state index contributed by atoms with van der Waals surface area (Å²) in [5.41, 5.74) is 1.18. The number of rotatable bonds is 3. The lowest BCUT2D eigenvalue weighted by Crippen LogP contribution is -2.14. The molecule has 0 aliphatic heterocycles. The quantitative estimate of drug-likeness (QED) is 0.898. The largest absolute Gasteiger partial charge is 0.324 e. The number of benzene rings is 2. The van der Waals surface area contributed by atoms with Crippen molar-refractivity contribution in [1.82, 2.24) is 0 Å². The van der Waals surface area contributed by atoms with Crippen LogP contribution < -0.4 is 5.32 Å². The van der Waals surface area contributed by atoms with Crippen LogP contribution in [0.4, 0.5) is 10.1 Å². The molecule has 1 N–H and O–H groups in total. The first kappa shape index (κ1) is 13.8. The van der Waals surface area contributed by atoms with Crippen molar-refractivity contribution in [2.75, 3.05) is 5.32 Å². The Morgan fingerprint density at radius 3 is 2.47 bits per heavy atom. The molecular formula is C14H10Cl2FNO. The molecule has 98 valence electrons. The van der Waals surface area contributed by atoms with E-state index in [1.54, 1.807) is 30.3 Å². The first-order chi connectivity index (χ1) is 9.04. The Morgan fingerprint density at radius 1 is 1.11 bits per heavy atom.